The van der Waals surface area contributed by atoms with Crippen molar-refractivity contribution >= 4 is 11.8 Å². The Bertz CT molecular complexity index is 346. The van der Waals surface area contributed by atoms with Gasteiger partial charge in [0.15, 0.2) is 0 Å². The van der Waals surface area contributed by atoms with E-state index >= 15 is 0 Å². The van der Waals surface area contributed by atoms with E-state index in [2.05, 4.69) is 9.80 Å². The molecule has 22 heavy (non-hydrogen) atoms. The van der Waals surface area contributed by atoms with Gasteiger partial charge < -0.3 is 9.80 Å². The van der Waals surface area contributed by atoms with Gasteiger partial charge in [-0.15, -0.1) is 0 Å². The number of hydrogen-bond donors (Lipinski definition) is 0. The van der Waals surface area contributed by atoms with Crippen LogP contribution in [0.25, 0.3) is 0 Å². The zero-order valence-electron chi connectivity index (χ0n) is 14.1. The first-order valence-electron chi connectivity index (χ1n) is 8.64. The van der Waals surface area contributed by atoms with Crippen LogP contribution < -0.4 is 0 Å². The van der Waals surface area contributed by atoms with E-state index in [-0.39, 0.29) is 11.8 Å². The van der Waals surface area contributed by atoms with Crippen molar-refractivity contribution in [2.45, 2.75) is 26.7 Å². The molecule has 0 aromatic rings. The predicted molar refractivity (Wildman–Crippen MR) is 86.6 cm³/mol. The molecule has 2 aliphatic heterocycles. The first kappa shape index (κ1) is 17.2. The molecule has 0 spiro atoms. The third-order valence-corrected chi connectivity index (χ3v) is 4.76. The van der Waals surface area contributed by atoms with Crippen LogP contribution in [0.4, 0.5) is 0 Å². The minimum absolute atomic E-state index is 0.214. The molecule has 2 fully saturated rings. The summed E-state index contributed by atoms with van der Waals surface area (Å²) in [6, 6.07) is 0. The van der Waals surface area contributed by atoms with Crippen molar-refractivity contribution in [1.82, 2.24) is 19.6 Å². The summed E-state index contributed by atoms with van der Waals surface area (Å²) in [6.07, 6.45) is 2.29. The van der Waals surface area contributed by atoms with Gasteiger partial charge in [-0.25, -0.2) is 0 Å². The standard InChI is InChI=1S/C16H30N4O2/c1-3-19(4-2)15(21)13-17-9-11-18(12-10-17)14-16(22)20-7-5-6-8-20/h3-14H2,1-2H3. The highest BCUT2D eigenvalue weighted by molar-refractivity contribution is 5.79. The zero-order chi connectivity index (χ0) is 15.9. The fourth-order valence-electron chi connectivity index (χ4n) is 3.23. The number of carbonyl (C=O) groups excluding carboxylic acids is 2. The highest BCUT2D eigenvalue weighted by Crippen LogP contribution is 2.09. The molecule has 0 bridgehead atoms. The van der Waals surface area contributed by atoms with Crippen molar-refractivity contribution in [3.63, 3.8) is 0 Å². The number of nitrogens with zero attached hydrogens (tertiary/aromatic N) is 4. The van der Waals surface area contributed by atoms with E-state index in [4.69, 9.17) is 0 Å². The third kappa shape index (κ3) is 4.68. The van der Waals surface area contributed by atoms with E-state index in [1.54, 1.807) is 0 Å². The molecule has 2 amide bonds. The van der Waals surface area contributed by atoms with E-state index in [1.807, 2.05) is 23.6 Å². The fraction of sp³-hybridized carbons (Fsp3) is 0.875. The van der Waals surface area contributed by atoms with Gasteiger partial charge in [0.05, 0.1) is 13.1 Å². The van der Waals surface area contributed by atoms with Crippen LogP contribution in [0, 0.1) is 0 Å². The molecule has 6 heteroatoms. The fourth-order valence-corrected chi connectivity index (χ4v) is 3.23. The first-order chi connectivity index (χ1) is 10.6. The van der Waals surface area contributed by atoms with Gasteiger partial charge in [-0.3, -0.25) is 19.4 Å². The van der Waals surface area contributed by atoms with E-state index in [1.165, 1.54) is 0 Å². The van der Waals surface area contributed by atoms with Crippen LogP contribution in [0.2, 0.25) is 0 Å². The molecule has 0 radical (unpaired) electrons. The van der Waals surface area contributed by atoms with Crippen LogP contribution in [0.1, 0.15) is 26.7 Å². The lowest BCUT2D eigenvalue weighted by atomic mass is 10.3. The summed E-state index contributed by atoms with van der Waals surface area (Å²) in [7, 11) is 0. The van der Waals surface area contributed by atoms with Gasteiger partial charge in [-0.1, -0.05) is 0 Å². The monoisotopic (exact) mass is 310 g/mol. The van der Waals surface area contributed by atoms with Gasteiger partial charge in [0, 0.05) is 52.4 Å². The second kappa shape index (κ2) is 8.48. The number of hydrogen-bond acceptors (Lipinski definition) is 4. The molecule has 2 aliphatic rings. The zero-order valence-corrected chi connectivity index (χ0v) is 14.1. The van der Waals surface area contributed by atoms with Gasteiger partial charge in [-0.2, -0.15) is 0 Å². The number of amides is 2. The van der Waals surface area contributed by atoms with E-state index in [9.17, 15) is 9.59 Å². The SMILES string of the molecule is CCN(CC)C(=O)CN1CCN(CC(=O)N2CCCC2)CC1. The van der Waals surface area contributed by atoms with Gasteiger partial charge in [0.25, 0.3) is 0 Å². The molecule has 0 aliphatic carbocycles. The average Bonchev–Trinajstić information content (AvgIpc) is 3.05. The molecule has 2 saturated heterocycles. The van der Waals surface area contributed by atoms with E-state index < -0.39 is 0 Å². The molecule has 0 aromatic heterocycles. The van der Waals surface area contributed by atoms with Crippen molar-refractivity contribution in [2.75, 3.05) is 65.4 Å². The topological polar surface area (TPSA) is 47.1 Å². The predicted octanol–water partition coefficient (Wildman–Crippen LogP) is 0.0948. The maximum atomic E-state index is 12.1. The Morgan fingerprint density at radius 1 is 0.818 bits per heavy atom. The van der Waals surface area contributed by atoms with Crippen LogP contribution in [-0.2, 0) is 9.59 Å². The van der Waals surface area contributed by atoms with E-state index in [0.717, 1.165) is 65.2 Å². The molecule has 0 saturated carbocycles. The number of likely N-dealkylation sites (N-methyl/N-ethyl adjacent to an activating group) is 1. The van der Waals surface area contributed by atoms with E-state index in [0.29, 0.717) is 13.1 Å². The van der Waals surface area contributed by atoms with Crippen molar-refractivity contribution < 1.29 is 9.59 Å². The number of rotatable bonds is 6. The summed E-state index contributed by atoms with van der Waals surface area (Å²) in [5.41, 5.74) is 0. The maximum absolute atomic E-state index is 12.1. The van der Waals surface area contributed by atoms with Crippen LogP contribution in [0.15, 0.2) is 0 Å². The summed E-state index contributed by atoms with van der Waals surface area (Å²) in [4.78, 5) is 32.6. The van der Waals surface area contributed by atoms with Gasteiger partial charge in [0.1, 0.15) is 0 Å². The Balaban J connectivity index is 1.69. The molecule has 0 aromatic carbocycles. The third-order valence-electron chi connectivity index (χ3n) is 4.76. The maximum Gasteiger partial charge on any atom is 0.236 e. The van der Waals surface area contributed by atoms with Crippen molar-refractivity contribution in [2.24, 2.45) is 0 Å². The smallest absolute Gasteiger partial charge is 0.236 e. The quantitative estimate of drug-likeness (QED) is 0.698. The minimum atomic E-state index is 0.214. The van der Waals surface area contributed by atoms with Crippen LogP contribution >= 0.6 is 0 Å². The summed E-state index contributed by atoms with van der Waals surface area (Å²) in [5.74, 6) is 0.483. The van der Waals surface area contributed by atoms with Gasteiger partial charge in [0.2, 0.25) is 11.8 Å². The Morgan fingerprint density at radius 3 is 1.82 bits per heavy atom. The second-order valence-electron chi connectivity index (χ2n) is 6.21. The Morgan fingerprint density at radius 2 is 1.32 bits per heavy atom. The lowest BCUT2D eigenvalue weighted by Gasteiger charge is -2.35. The van der Waals surface area contributed by atoms with Crippen LogP contribution in [0.3, 0.4) is 0 Å². The largest absolute Gasteiger partial charge is 0.342 e. The summed E-state index contributed by atoms with van der Waals surface area (Å²) in [5, 5.41) is 0. The molecule has 6 nitrogen and oxygen atoms in total. The minimum Gasteiger partial charge on any atom is -0.342 e. The second-order valence-corrected chi connectivity index (χ2v) is 6.21. The normalized spacial score (nSPS) is 20.4. The highest BCUT2D eigenvalue weighted by Gasteiger charge is 2.24. The Labute approximate surface area is 134 Å². The Kier molecular flexibility index (Phi) is 6.64. The van der Waals surface area contributed by atoms with Crippen LogP contribution in [-0.4, -0.2) is 96.9 Å². The molecule has 0 N–H and O–H groups in total. The van der Waals surface area contributed by atoms with Crippen molar-refractivity contribution in [3.05, 3.63) is 0 Å². The van der Waals surface area contributed by atoms with Crippen molar-refractivity contribution in [1.29, 1.82) is 0 Å². The summed E-state index contributed by atoms with van der Waals surface area (Å²) >= 11 is 0. The van der Waals surface area contributed by atoms with Crippen LogP contribution in [0.5, 0.6) is 0 Å². The lowest BCUT2D eigenvalue weighted by molar-refractivity contribution is -0.134. The molecule has 2 heterocycles. The van der Waals surface area contributed by atoms with Gasteiger partial charge in [-0.05, 0) is 26.7 Å². The lowest BCUT2D eigenvalue weighted by Crippen LogP contribution is -2.52. The van der Waals surface area contributed by atoms with Crippen molar-refractivity contribution in [3.8, 4) is 0 Å². The molecule has 2 rings (SSSR count). The Hall–Kier alpha value is -1.14. The van der Waals surface area contributed by atoms with Gasteiger partial charge >= 0.3 is 0 Å². The summed E-state index contributed by atoms with van der Waals surface area (Å²) < 4.78 is 0. The highest BCUT2D eigenvalue weighted by atomic mass is 16.2. The molecule has 126 valence electrons. The molecule has 0 unspecified atom stereocenters. The average molecular weight is 310 g/mol. The first-order valence-corrected chi connectivity index (χ1v) is 8.64. The molecular weight excluding hydrogens is 280 g/mol. The number of piperazine rings is 1. The number of likely N-dealkylation sites (tertiary alicyclic amines) is 1. The molecule has 0 atom stereocenters. The molecular formula is C16H30N4O2. The summed E-state index contributed by atoms with van der Waals surface area (Å²) in [6.45, 7) is 12.0. The number of carbonyl (C=O) groups is 2.